The van der Waals surface area contributed by atoms with Crippen molar-refractivity contribution in [1.82, 2.24) is 0 Å². The van der Waals surface area contributed by atoms with Gasteiger partial charge in [0.15, 0.2) is 0 Å². The van der Waals surface area contributed by atoms with E-state index in [1.165, 1.54) is 61.7 Å². The minimum absolute atomic E-state index is 1.10. The fraction of sp³-hybridized carbons (Fsp3) is 0.200. The Labute approximate surface area is 217 Å². The first-order chi connectivity index (χ1) is 17.5. The quantitative estimate of drug-likeness (QED) is 0.249. The van der Waals surface area contributed by atoms with Gasteiger partial charge >= 0.3 is 0 Å². The monoisotopic (exact) mass is 482 g/mol. The summed E-state index contributed by atoms with van der Waals surface area (Å²) in [4.78, 5) is 0. The summed E-state index contributed by atoms with van der Waals surface area (Å²) in [6.07, 6.45) is 7.35. The lowest BCUT2D eigenvalue weighted by atomic mass is 9.97. The van der Waals surface area contributed by atoms with Crippen LogP contribution in [0.2, 0.25) is 12.6 Å². The summed E-state index contributed by atoms with van der Waals surface area (Å²) < 4.78 is 0. The van der Waals surface area contributed by atoms with E-state index in [9.17, 15) is 0 Å². The van der Waals surface area contributed by atoms with E-state index in [2.05, 4.69) is 124 Å². The van der Waals surface area contributed by atoms with Crippen molar-refractivity contribution in [2.45, 2.75) is 46.2 Å². The average molecular weight is 483 g/mol. The Kier molecular flexibility index (Phi) is 5.69. The maximum Gasteiger partial charge on any atom is 0.106 e. The molecule has 0 nitrogen and oxygen atoms in total. The average Bonchev–Trinajstić information content (AvgIpc) is 3.54. The van der Waals surface area contributed by atoms with Gasteiger partial charge in [0.2, 0.25) is 0 Å². The Morgan fingerprint density at radius 1 is 0.583 bits per heavy atom. The zero-order valence-corrected chi connectivity index (χ0v) is 22.9. The van der Waals surface area contributed by atoms with Crippen LogP contribution in [0, 0.1) is 13.8 Å². The molecule has 4 aromatic carbocycles. The molecule has 0 heterocycles. The first kappa shape index (κ1) is 23.0. The van der Waals surface area contributed by atoms with Gasteiger partial charge in [0, 0.05) is 0 Å². The molecule has 1 heteroatoms. The number of rotatable bonds is 5. The van der Waals surface area contributed by atoms with Crippen LogP contribution in [0.5, 0.6) is 0 Å². The molecule has 0 atom stereocenters. The number of allylic oxidation sites excluding steroid dienone is 2. The highest BCUT2D eigenvalue weighted by molar-refractivity contribution is 6.93. The van der Waals surface area contributed by atoms with E-state index < -0.39 is 8.07 Å². The number of hydrogen-bond acceptors (Lipinski definition) is 0. The van der Waals surface area contributed by atoms with E-state index in [0.717, 1.165) is 12.8 Å². The van der Waals surface area contributed by atoms with Crippen LogP contribution in [-0.2, 0) is 12.8 Å². The molecule has 0 unspecified atom stereocenters. The molecule has 0 saturated heterocycles. The molecule has 0 N–H and O–H groups in total. The molecule has 0 radical (unpaired) electrons. The fourth-order valence-corrected chi connectivity index (χ4v) is 9.48. The van der Waals surface area contributed by atoms with E-state index in [-0.39, 0.29) is 0 Å². The smallest absolute Gasteiger partial charge is 0.0712 e. The molecule has 2 aliphatic rings. The molecule has 0 fully saturated rings. The van der Waals surface area contributed by atoms with Gasteiger partial charge in [-0.2, -0.15) is 0 Å². The fourth-order valence-electron chi connectivity index (χ4n) is 6.07. The van der Waals surface area contributed by atoms with Crippen LogP contribution in [-0.4, -0.2) is 8.07 Å². The normalized spacial score (nSPS) is 14.3. The molecular weight excluding hydrogens is 448 g/mol. The molecule has 0 amide bonds. The van der Waals surface area contributed by atoms with Crippen LogP contribution in [0.4, 0.5) is 0 Å². The van der Waals surface area contributed by atoms with Crippen LogP contribution < -0.4 is 0 Å². The lowest BCUT2D eigenvalue weighted by Gasteiger charge is -2.30. The maximum absolute atomic E-state index is 2.61. The summed E-state index contributed by atoms with van der Waals surface area (Å²) in [7, 11) is -1.80. The van der Waals surface area contributed by atoms with Crippen LogP contribution in [0.25, 0.3) is 34.4 Å². The number of fused-ring (bicyclic) bond motifs is 2. The first-order valence-corrected chi connectivity index (χ1v) is 16.0. The topological polar surface area (TPSA) is 0 Å². The van der Waals surface area contributed by atoms with Crippen molar-refractivity contribution in [3.8, 4) is 22.3 Å². The molecule has 178 valence electrons. The Bertz CT molecular complexity index is 1400. The van der Waals surface area contributed by atoms with Gasteiger partial charge in [-0.15, -0.1) is 0 Å². The second kappa shape index (κ2) is 8.91. The Morgan fingerprint density at radius 2 is 1.00 bits per heavy atom. The first-order valence-electron chi connectivity index (χ1n) is 13.3. The maximum atomic E-state index is 2.61. The van der Waals surface area contributed by atoms with Gasteiger partial charge in [0.05, 0.1) is 0 Å². The van der Waals surface area contributed by atoms with Gasteiger partial charge in [0.1, 0.15) is 8.07 Å². The lowest BCUT2D eigenvalue weighted by Crippen LogP contribution is -2.35. The van der Waals surface area contributed by atoms with Crippen LogP contribution in [0.1, 0.15) is 40.3 Å². The number of hydrogen-bond donors (Lipinski definition) is 0. The van der Waals surface area contributed by atoms with E-state index in [4.69, 9.17) is 0 Å². The standard InChI is InChI=1S/C35H34Si/c1-5-36(4,30-20-28-8-6-10-32(34(28)22-30)26-16-12-24(2)13-17-26)31-21-29-9-7-11-33(35(29)23-31)27-18-14-25(3)15-19-27/h6-19,22-23H,5,20-21H2,1-4H3. The molecular formula is C35H34Si. The lowest BCUT2D eigenvalue weighted by molar-refractivity contribution is 1.19. The van der Waals surface area contributed by atoms with Crippen molar-refractivity contribution < 1.29 is 0 Å². The van der Waals surface area contributed by atoms with E-state index >= 15 is 0 Å². The molecule has 0 bridgehead atoms. The second-order valence-corrected chi connectivity index (χ2v) is 15.5. The van der Waals surface area contributed by atoms with Gasteiger partial charge in [0.25, 0.3) is 0 Å². The molecule has 2 aliphatic carbocycles. The van der Waals surface area contributed by atoms with Crippen LogP contribution in [0.15, 0.2) is 95.3 Å². The van der Waals surface area contributed by atoms with Crippen molar-refractivity contribution in [3.05, 3.63) is 129 Å². The van der Waals surface area contributed by atoms with Crippen LogP contribution >= 0.6 is 0 Å². The SMILES string of the molecule is CC[Si](C)(C1=Cc2c(cccc2-c2ccc(C)cc2)C1)C1=Cc2c(cccc2-c2ccc(C)cc2)C1. The summed E-state index contributed by atoms with van der Waals surface area (Å²) in [5.41, 5.74) is 13.9. The third-order valence-corrected chi connectivity index (χ3v) is 13.5. The highest BCUT2D eigenvalue weighted by Gasteiger charge is 2.38. The largest absolute Gasteiger partial charge is 0.106 e. The zero-order chi connectivity index (χ0) is 24.9. The molecule has 0 spiro atoms. The Morgan fingerprint density at radius 3 is 1.39 bits per heavy atom. The Balaban J connectivity index is 1.39. The highest BCUT2D eigenvalue weighted by Crippen LogP contribution is 2.44. The molecule has 36 heavy (non-hydrogen) atoms. The molecule has 0 saturated carbocycles. The Hall–Kier alpha value is -3.42. The summed E-state index contributed by atoms with van der Waals surface area (Å²) in [5.74, 6) is 0. The van der Waals surface area contributed by atoms with Gasteiger partial charge in [-0.05, 0) is 71.2 Å². The predicted octanol–water partition coefficient (Wildman–Crippen LogP) is 9.39. The van der Waals surface area contributed by atoms with Crippen molar-refractivity contribution in [1.29, 1.82) is 0 Å². The third kappa shape index (κ3) is 3.83. The summed E-state index contributed by atoms with van der Waals surface area (Å²) in [5, 5.41) is 3.38. The van der Waals surface area contributed by atoms with Crippen LogP contribution in [0.3, 0.4) is 0 Å². The minimum Gasteiger partial charge on any atom is -0.0712 e. The molecule has 6 rings (SSSR count). The second-order valence-electron chi connectivity index (χ2n) is 10.9. The molecule has 0 aliphatic heterocycles. The summed E-state index contributed by atoms with van der Waals surface area (Å²) in [6, 6.07) is 33.0. The van der Waals surface area contributed by atoms with Gasteiger partial charge in [-0.3, -0.25) is 0 Å². The summed E-state index contributed by atoms with van der Waals surface area (Å²) in [6.45, 7) is 9.35. The third-order valence-electron chi connectivity index (χ3n) is 8.64. The molecule has 4 aromatic rings. The van der Waals surface area contributed by atoms with E-state index in [1.807, 2.05) is 0 Å². The molecule has 0 aromatic heterocycles. The zero-order valence-electron chi connectivity index (χ0n) is 21.9. The summed E-state index contributed by atoms with van der Waals surface area (Å²) >= 11 is 0. The minimum atomic E-state index is -1.80. The number of benzene rings is 4. The van der Waals surface area contributed by atoms with E-state index in [0.29, 0.717) is 0 Å². The van der Waals surface area contributed by atoms with Crippen molar-refractivity contribution >= 4 is 20.2 Å². The van der Waals surface area contributed by atoms with Crippen molar-refractivity contribution in [2.75, 3.05) is 0 Å². The van der Waals surface area contributed by atoms with Crippen molar-refractivity contribution in [3.63, 3.8) is 0 Å². The highest BCUT2D eigenvalue weighted by atomic mass is 28.3. The predicted molar refractivity (Wildman–Crippen MR) is 159 cm³/mol. The van der Waals surface area contributed by atoms with E-state index in [1.54, 1.807) is 10.4 Å². The van der Waals surface area contributed by atoms with Gasteiger partial charge < -0.3 is 0 Å². The van der Waals surface area contributed by atoms with Crippen molar-refractivity contribution in [2.24, 2.45) is 0 Å². The van der Waals surface area contributed by atoms with Gasteiger partial charge in [-0.25, -0.2) is 0 Å². The number of aryl methyl sites for hydroxylation is 2. The van der Waals surface area contributed by atoms with Gasteiger partial charge in [-0.1, -0.05) is 138 Å².